The highest BCUT2D eigenvalue weighted by Gasteiger charge is 2.23. The fourth-order valence-electron chi connectivity index (χ4n) is 3.72. The fourth-order valence-corrected chi connectivity index (χ4v) is 4.63. The zero-order valence-corrected chi connectivity index (χ0v) is 17.6. The molecule has 0 aliphatic carbocycles. The van der Waals surface area contributed by atoms with Crippen molar-refractivity contribution < 1.29 is 9.59 Å². The summed E-state index contributed by atoms with van der Waals surface area (Å²) < 4.78 is 1.98. The summed E-state index contributed by atoms with van der Waals surface area (Å²) in [6.07, 6.45) is 2.38. The van der Waals surface area contributed by atoms with Crippen molar-refractivity contribution in [3.05, 3.63) is 76.9 Å². The molecule has 0 saturated heterocycles. The lowest BCUT2D eigenvalue weighted by atomic mass is 10.1. The minimum Gasteiger partial charge on any atom is -0.352 e. The van der Waals surface area contributed by atoms with Crippen LogP contribution in [0.15, 0.2) is 60.8 Å². The number of thiophene rings is 1. The first kappa shape index (κ1) is 19.2. The van der Waals surface area contributed by atoms with Crippen LogP contribution >= 0.6 is 11.3 Å². The molecule has 0 spiro atoms. The van der Waals surface area contributed by atoms with Crippen molar-refractivity contribution in [1.82, 2.24) is 19.9 Å². The molecule has 1 aromatic carbocycles. The number of nitrogens with zero attached hydrogens (tertiary/aromatic N) is 3. The van der Waals surface area contributed by atoms with Gasteiger partial charge < -0.3 is 9.88 Å². The first-order valence-electron chi connectivity index (χ1n) is 9.87. The van der Waals surface area contributed by atoms with E-state index in [1.54, 1.807) is 18.3 Å². The molecule has 5 rings (SSSR count). The van der Waals surface area contributed by atoms with Crippen molar-refractivity contribution in [2.24, 2.45) is 7.05 Å². The highest BCUT2D eigenvalue weighted by atomic mass is 32.1. The average molecular weight is 430 g/mol. The summed E-state index contributed by atoms with van der Waals surface area (Å²) in [5, 5.41) is 5.64. The van der Waals surface area contributed by atoms with E-state index in [9.17, 15) is 9.59 Å². The number of amides is 2. The van der Waals surface area contributed by atoms with Gasteiger partial charge in [-0.05, 0) is 29.8 Å². The van der Waals surface area contributed by atoms with Gasteiger partial charge in [-0.15, -0.1) is 11.3 Å². The summed E-state index contributed by atoms with van der Waals surface area (Å²) in [5.74, 6) is -0.103. The van der Waals surface area contributed by atoms with E-state index in [4.69, 9.17) is 0 Å². The molecule has 154 valence electrons. The molecule has 8 heteroatoms. The van der Waals surface area contributed by atoms with Crippen LogP contribution in [0.5, 0.6) is 0 Å². The lowest BCUT2D eigenvalue weighted by Gasteiger charge is -2.14. The van der Waals surface area contributed by atoms with Crippen molar-refractivity contribution >= 4 is 29.1 Å². The van der Waals surface area contributed by atoms with Crippen LogP contribution in [0.4, 0.5) is 5.95 Å². The van der Waals surface area contributed by atoms with Gasteiger partial charge in [-0.3, -0.25) is 14.9 Å². The lowest BCUT2D eigenvalue weighted by Crippen LogP contribution is -2.31. The van der Waals surface area contributed by atoms with E-state index in [0.717, 1.165) is 28.2 Å². The number of anilines is 1. The second-order valence-electron chi connectivity index (χ2n) is 7.20. The van der Waals surface area contributed by atoms with Crippen molar-refractivity contribution in [1.29, 1.82) is 0 Å². The second kappa shape index (κ2) is 7.81. The van der Waals surface area contributed by atoms with Crippen LogP contribution in [0, 0.1) is 0 Å². The first-order valence-corrected chi connectivity index (χ1v) is 10.7. The largest absolute Gasteiger partial charge is 0.352 e. The Hall–Kier alpha value is -3.78. The predicted octanol–water partition coefficient (Wildman–Crippen LogP) is 3.75. The van der Waals surface area contributed by atoms with Crippen LogP contribution < -0.4 is 10.6 Å². The van der Waals surface area contributed by atoms with Crippen LogP contribution in [0.25, 0.3) is 21.8 Å². The van der Waals surface area contributed by atoms with Gasteiger partial charge in [0.25, 0.3) is 11.8 Å². The molecular weight excluding hydrogens is 410 g/mol. The molecule has 3 aromatic heterocycles. The third-order valence-corrected chi connectivity index (χ3v) is 6.41. The average Bonchev–Trinajstić information content (AvgIpc) is 3.41. The van der Waals surface area contributed by atoms with E-state index in [2.05, 4.69) is 20.6 Å². The summed E-state index contributed by atoms with van der Waals surface area (Å²) >= 11 is 1.42. The predicted molar refractivity (Wildman–Crippen MR) is 120 cm³/mol. The second-order valence-corrected chi connectivity index (χ2v) is 8.29. The monoisotopic (exact) mass is 429 g/mol. The van der Waals surface area contributed by atoms with E-state index in [0.29, 0.717) is 22.7 Å². The van der Waals surface area contributed by atoms with Gasteiger partial charge in [0.05, 0.1) is 21.8 Å². The first-order chi connectivity index (χ1) is 15.1. The molecule has 2 N–H and O–H groups in total. The maximum Gasteiger partial charge on any atom is 0.268 e. The molecule has 31 heavy (non-hydrogen) atoms. The molecule has 2 amide bonds. The Morgan fingerprint density at radius 2 is 2.00 bits per heavy atom. The molecule has 4 heterocycles. The Kier molecular flexibility index (Phi) is 4.83. The maximum atomic E-state index is 12.7. The number of benzene rings is 1. The third kappa shape index (κ3) is 3.62. The number of carbonyl (C=O) groups excluding carboxylic acids is 2. The molecule has 4 aromatic rings. The van der Waals surface area contributed by atoms with E-state index >= 15 is 0 Å². The number of nitrogens with one attached hydrogen (secondary N) is 2. The molecule has 7 nitrogen and oxygen atoms in total. The summed E-state index contributed by atoms with van der Waals surface area (Å²) in [7, 11) is 1.92. The van der Waals surface area contributed by atoms with Crippen LogP contribution in [-0.4, -0.2) is 32.9 Å². The fraction of sp³-hybridized carbons (Fsp3) is 0.130. The molecule has 0 unspecified atom stereocenters. The van der Waals surface area contributed by atoms with Gasteiger partial charge in [-0.2, -0.15) is 0 Å². The topological polar surface area (TPSA) is 88.9 Å². The van der Waals surface area contributed by atoms with Gasteiger partial charge in [0.15, 0.2) is 0 Å². The smallest absolute Gasteiger partial charge is 0.268 e. The maximum absolute atomic E-state index is 12.7. The summed E-state index contributed by atoms with van der Waals surface area (Å²) in [6.45, 7) is 0.625. The van der Waals surface area contributed by atoms with Crippen molar-refractivity contribution in [3.8, 4) is 21.8 Å². The summed E-state index contributed by atoms with van der Waals surface area (Å²) in [5.41, 5.74) is 4.17. The third-order valence-electron chi connectivity index (χ3n) is 5.28. The summed E-state index contributed by atoms with van der Waals surface area (Å²) in [4.78, 5) is 35.2. The van der Waals surface area contributed by atoms with E-state index in [-0.39, 0.29) is 17.8 Å². The Morgan fingerprint density at radius 3 is 2.81 bits per heavy atom. The van der Waals surface area contributed by atoms with Crippen LogP contribution in [0.1, 0.15) is 25.7 Å². The number of fused-ring (bicyclic) bond motifs is 1. The number of carbonyl (C=O) groups is 2. The minimum atomic E-state index is -0.255. The number of aromatic nitrogens is 3. The molecule has 0 radical (unpaired) electrons. The highest BCUT2D eigenvalue weighted by Crippen LogP contribution is 2.29. The molecular formula is C23H19N5O2S. The van der Waals surface area contributed by atoms with Gasteiger partial charge in [-0.1, -0.05) is 30.3 Å². The van der Waals surface area contributed by atoms with Crippen LogP contribution in [0.3, 0.4) is 0 Å². The highest BCUT2D eigenvalue weighted by molar-refractivity contribution is 7.17. The van der Waals surface area contributed by atoms with Crippen LogP contribution in [0.2, 0.25) is 0 Å². The zero-order chi connectivity index (χ0) is 21.4. The molecule has 0 bridgehead atoms. The molecule has 0 fully saturated rings. The normalized spacial score (nSPS) is 12.9. The van der Waals surface area contributed by atoms with Crippen molar-refractivity contribution in [2.45, 2.75) is 6.42 Å². The Labute approximate surface area is 182 Å². The standard InChI is InChI=1S/C23H19N5O2S/c1-28-17-10-12-24-21(29)15(17)13-18(28)16-9-11-25-23(26-16)27-22(30)20-8-7-19(31-20)14-5-3-2-4-6-14/h2-9,11,13H,10,12H2,1H3,(H,24,29)(H,25,26,27,30). The lowest BCUT2D eigenvalue weighted by molar-refractivity contribution is 0.0944. The zero-order valence-electron chi connectivity index (χ0n) is 16.8. The Balaban J connectivity index is 1.39. The Morgan fingerprint density at radius 1 is 1.16 bits per heavy atom. The quantitative estimate of drug-likeness (QED) is 0.517. The number of rotatable bonds is 4. The molecule has 1 aliphatic heterocycles. The van der Waals surface area contributed by atoms with Gasteiger partial charge in [-0.25, -0.2) is 9.97 Å². The van der Waals surface area contributed by atoms with E-state index in [1.807, 2.05) is 54.1 Å². The SMILES string of the molecule is Cn1c(-c2ccnc(NC(=O)c3ccc(-c4ccccc4)s3)n2)cc2c1CCNC2=O. The van der Waals surface area contributed by atoms with Gasteiger partial charge in [0.1, 0.15) is 0 Å². The van der Waals surface area contributed by atoms with Crippen LogP contribution in [-0.2, 0) is 13.5 Å². The van der Waals surface area contributed by atoms with Gasteiger partial charge in [0, 0.05) is 36.8 Å². The van der Waals surface area contributed by atoms with Crippen molar-refractivity contribution in [3.63, 3.8) is 0 Å². The molecule has 0 atom stereocenters. The molecule has 0 saturated carbocycles. The van der Waals surface area contributed by atoms with E-state index < -0.39 is 0 Å². The van der Waals surface area contributed by atoms with E-state index in [1.165, 1.54) is 11.3 Å². The van der Waals surface area contributed by atoms with Crippen molar-refractivity contribution in [2.75, 3.05) is 11.9 Å². The van der Waals surface area contributed by atoms with Gasteiger partial charge >= 0.3 is 0 Å². The van der Waals surface area contributed by atoms with Gasteiger partial charge in [0.2, 0.25) is 5.95 Å². The molecule has 1 aliphatic rings. The summed E-state index contributed by atoms with van der Waals surface area (Å²) in [6, 6.07) is 17.3. The number of hydrogen-bond acceptors (Lipinski definition) is 5. The minimum absolute atomic E-state index is 0.0717. The number of hydrogen-bond donors (Lipinski definition) is 2. The Bertz CT molecular complexity index is 1290.